The highest BCUT2D eigenvalue weighted by Crippen LogP contribution is 1.91. The number of unbranched alkanes of at least 4 members (excludes halogenated alkanes) is 4. The Kier molecular flexibility index (Phi) is 20.1. The summed E-state index contributed by atoms with van der Waals surface area (Å²) in [6, 6.07) is 0. The van der Waals surface area contributed by atoms with E-state index in [-0.39, 0.29) is 0 Å². The minimum Gasteiger partial charge on any atom is -0.396 e. The van der Waals surface area contributed by atoms with Crippen LogP contribution in [-0.4, -0.2) is 11.7 Å². The third-order valence-electron chi connectivity index (χ3n) is 1.52. The van der Waals surface area contributed by atoms with E-state index in [0.29, 0.717) is 6.61 Å². The van der Waals surface area contributed by atoms with Crippen LogP contribution in [0.15, 0.2) is 12.7 Å². The molecule has 0 aliphatic rings. The number of hydrogen-bond acceptors (Lipinski definition) is 1. The predicted octanol–water partition coefficient (Wildman–Crippen LogP) is 3.53. The van der Waals surface area contributed by atoms with Gasteiger partial charge in [0, 0.05) is 6.61 Å². The molecule has 1 heteroatoms. The van der Waals surface area contributed by atoms with E-state index in [2.05, 4.69) is 20.4 Å². The van der Waals surface area contributed by atoms with Crippen molar-refractivity contribution in [3.05, 3.63) is 12.7 Å². The van der Waals surface area contributed by atoms with Crippen molar-refractivity contribution < 1.29 is 5.11 Å². The Balaban J connectivity index is 0. The molecule has 0 aromatic heterocycles. The van der Waals surface area contributed by atoms with Gasteiger partial charge in [0.1, 0.15) is 0 Å². The quantitative estimate of drug-likeness (QED) is 0.480. The van der Waals surface area contributed by atoms with Gasteiger partial charge in [-0.05, 0) is 12.8 Å². The van der Waals surface area contributed by atoms with Crippen molar-refractivity contribution in [1.82, 2.24) is 0 Å². The summed E-state index contributed by atoms with van der Waals surface area (Å²) in [5.41, 5.74) is 0. The highest BCUT2D eigenvalue weighted by atomic mass is 16.2. The Bertz CT molecular complexity index is 65.4. The number of aliphatic hydroxyl groups is 1. The standard InChI is InChI=1S/C6H12.C5H12O/c1-3-5-6-4-2;1-2-3-4-5-6/h3H,1,4-6H2,2H3;6H,2-5H2,1H3. The van der Waals surface area contributed by atoms with E-state index in [1.807, 2.05) is 6.08 Å². The molecule has 0 fully saturated rings. The highest BCUT2D eigenvalue weighted by Gasteiger charge is 1.76. The van der Waals surface area contributed by atoms with E-state index in [9.17, 15) is 0 Å². The van der Waals surface area contributed by atoms with Gasteiger partial charge >= 0.3 is 0 Å². The van der Waals surface area contributed by atoms with Gasteiger partial charge in [-0.15, -0.1) is 6.58 Å². The molecule has 0 bridgehead atoms. The smallest absolute Gasteiger partial charge is 0.0431 e. The summed E-state index contributed by atoms with van der Waals surface area (Å²) in [5.74, 6) is 0. The van der Waals surface area contributed by atoms with Gasteiger partial charge in [-0.25, -0.2) is 0 Å². The molecule has 12 heavy (non-hydrogen) atoms. The summed E-state index contributed by atoms with van der Waals surface area (Å²) in [4.78, 5) is 0. The van der Waals surface area contributed by atoms with Gasteiger partial charge in [0.2, 0.25) is 0 Å². The van der Waals surface area contributed by atoms with Crippen LogP contribution in [0.2, 0.25) is 0 Å². The largest absolute Gasteiger partial charge is 0.396 e. The molecule has 0 saturated heterocycles. The van der Waals surface area contributed by atoms with Crippen LogP contribution in [0.5, 0.6) is 0 Å². The maximum Gasteiger partial charge on any atom is 0.0431 e. The lowest BCUT2D eigenvalue weighted by Crippen LogP contribution is -1.78. The number of hydrogen-bond donors (Lipinski definition) is 1. The van der Waals surface area contributed by atoms with Gasteiger partial charge in [0.25, 0.3) is 0 Å². The van der Waals surface area contributed by atoms with Gasteiger partial charge in [0.05, 0.1) is 0 Å². The second-order valence-corrected chi connectivity index (χ2v) is 2.86. The van der Waals surface area contributed by atoms with E-state index in [0.717, 1.165) is 12.8 Å². The SMILES string of the molecule is C=CCCCC.CCCCCO. The van der Waals surface area contributed by atoms with Crippen LogP contribution >= 0.6 is 0 Å². The zero-order chi connectivity index (χ0) is 9.66. The molecule has 0 heterocycles. The maximum absolute atomic E-state index is 8.20. The first-order chi connectivity index (χ1) is 5.83. The molecule has 74 valence electrons. The maximum atomic E-state index is 8.20. The summed E-state index contributed by atoms with van der Waals surface area (Å²) < 4.78 is 0. The number of aliphatic hydroxyl groups excluding tert-OH is 1. The highest BCUT2D eigenvalue weighted by molar-refractivity contribution is 4.64. The lowest BCUT2D eigenvalue weighted by Gasteiger charge is -1.85. The molecule has 0 radical (unpaired) electrons. The van der Waals surface area contributed by atoms with Crippen molar-refractivity contribution in [2.24, 2.45) is 0 Å². The average Bonchev–Trinajstić information content (AvgIpc) is 2.12. The molecule has 1 nitrogen and oxygen atoms in total. The molecule has 0 aliphatic heterocycles. The zero-order valence-electron chi connectivity index (χ0n) is 8.68. The minimum absolute atomic E-state index is 0.355. The third kappa shape index (κ3) is 22.6. The molecule has 0 spiro atoms. The molecular formula is C11H24O. The van der Waals surface area contributed by atoms with Crippen LogP contribution in [0.25, 0.3) is 0 Å². The summed E-state index contributed by atoms with van der Waals surface area (Å²) in [7, 11) is 0. The van der Waals surface area contributed by atoms with Crippen LogP contribution in [0.4, 0.5) is 0 Å². The first-order valence-electron chi connectivity index (χ1n) is 5.05. The molecule has 0 aromatic rings. The van der Waals surface area contributed by atoms with Gasteiger partial charge in [-0.3, -0.25) is 0 Å². The van der Waals surface area contributed by atoms with Crippen LogP contribution < -0.4 is 0 Å². The first kappa shape index (κ1) is 14.2. The molecule has 0 aliphatic carbocycles. The summed E-state index contributed by atoms with van der Waals surface area (Å²) in [5, 5.41) is 8.20. The lowest BCUT2D eigenvalue weighted by atomic mass is 10.3. The van der Waals surface area contributed by atoms with Gasteiger partial charge in [0.15, 0.2) is 0 Å². The fourth-order valence-corrected chi connectivity index (χ4v) is 0.710. The Morgan fingerprint density at radius 1 is 1.08 bits per heavy atom. The molecule has 0 atom stereocenters. The first-order valence-corrected chi connectivity index (χ1v) is 5.05. The zero-order valence-corrected chi connectivity index (χ0v) is 8.68. The van der Waals surface area contributed by atoms with Crippen molar-refractivity contribution in [1.29, 1.82) is 0 Å². The monoisotopic (exact) mass is 172 g/mol. The minimum atomic E-state index is 0.355. The second kappa shape index (κ2) is 17.0. The number of allylic oxidation sites excluding steroid dienone is 1. The molecule has 0 saturated carbocycles. The van der Waals surface area contributed by atoms with Crippen LogP contribution in [0, 0.1) is 0 Å². The molecular weight excluding hydrogens is 148 g/mol. The van der Waals surface area contributed by atoms with Crippen molar-refractivity contribution in [3.63, 3.8) is 0 Å². The Morgan fingerprint density at radius 2 is 1.67 bits per heavy atom. The molecule has 0 amide bonds. The lowest BCUT2D eigenvalue weighted by molar-refractivity contribution is 0.284. The normalized spacial score (nSPS) is 8.58. The van der Waals surface area contributed by atoms with E-state index >= 15 is 0 Å². The van der Waals surface area contributed by atoms with E-state index in [1.54, 1.807) is 0 Å². The number of rotatable bonds is 6. The molecule has 0 aromatic carbocycles. The van der Waals surface area contributed by atoms with Gasteiger partial charge in [-0.1, -0.05) is 45.6 Å². The average molecular weight is 172 g/mol. The second-order valence-electron chi connectivity index (χ2n) is 2.86. The topological polar surface area (TPSA) is 20.2 Å². The predicted molar refractivity (Wildman–Crippen MR) is 56.3 cm³/mol. The Morgan fingerprint density at radius 3 is 1.83 bits per heavy atom. The fourth-order valence-electron chi connectivity index (χ4n) is 0.710. The van der Waals surface area contributed by atoms with E-state index < -0.39 is 0 Å². The molecule has 1 N–H and O–H groups in total. The van der Waals surface area contributed by atoms with Crippen LogP contribution in [0.3, 0.4) is 0 Å². The Hall–Kier alpha value is -0.300. The van der Waals surface area contributed by atoms with Crippen molar-refractivity contribution in [2.75, 3.05) is 6.61 Å². The van der Waals surface area contributed by atoms with Crippen LogP contribution in [-0.2, 0) is 0 Å². The molecule has 0 unspecified atom stereocenters. The van der Waals surface area contributed by atoms with Gasteiger partial charge in [-0.2, -0.15) is 0 Å². The van der Waals surface area contributed by atoms with Crippen molar-refractivity contribution in [2.45, 2.75) is 52.4 Å². The summed E-state index contributed by atoms with van der Waals surface area (Å²) in [6.45, 7) is 8.26. The fraction of sp³-hybridized carbons (Fsp3) is 0.818. The molecule has 0 rings (SSSR count). The Labute approximate surface area is 77.5 Å². The summed E-state index contributed by atoms with van der Waals surface area (Å²) >= 11 is 0. The van der Waals surface area contributed by atoms with Gasteiger partial charge < -0.3 is 5.11 Å². The van der Waals surface area contributed by atoms with Crippen LogP contribution in [0.1, 0.15) is 52.4 Å². The van der Waals surface area contributed by atoms with Crippen molar-refractivity contribution in [3.8, 4) is 0 Å². The summed E-state index contributed by atoms with van der Waals surface area (Å²) in [6.07, 6.45) is 9.04. The van der Waals surface area contributed by atoms with Crippen molar-refractivity contribution >= 4 is 0 Å². The van der Waals surface area contributed by atoms with E-state index in [4.69, 9.17) is 5.11 Å². The van der Waals surface area contributed by atoms with E-state index in [1.165, 1.54) is 25.7 Å². The third-order valence-corrected chi connectivity index (χ3v) is 1.52.